The molecule has 0 bridgehead atoms. The van der Waals surface area contributed by atoms with E-state index in [0.29, 0.717) is 19.7 Å². The van der Waals surface area contributed by atoms with Gasteiger partial charge >= 0.3 is 0 Å². The minimum absolute atomic E-state index is 0.209. The number of rotatable bonds is 7. The lowest BCUT2D eigenvalue weighted by Crippen LogP contribution is -2.37. The lowest BCUT2D eigenvalue weighted by molar-refractivity contribution is -0.00897. The van der Waals surface area contributed by atoms with Crippen LogP contribution in [-0.2, 0) is 11.3 Å². The fraction of sp³-hybridized carbons (Fsp3) is 0.571. The maximum Gasteiger partial charge on any atom is 0.165 e. The summed E-state index contributed by atoms with van der Waals surface area (Å²) in [7, 11) is 1.46. The maximum atomic E-state index is 13.5. The van der Waals surface area contributed by atoms with Crippen molar-refractivity contribution in [1.29, 1.82) is 0 Å². The fourth-order valence-electron chi connectivity index (χ4n) is 1.77. The lowest BCUT2D eigenvalue weighted by atomic mass is 10.1. The molecule has 18 heavy (non-hydrogen) atoms. The Labute approximate surface area is 108 Å². The molecule has 1 rings (SSSR count). The van der Waals surface area contributed by atoms with Crippen LogP contribution >= 0.6 is 0 Å². The highest BCUT2D eigenvalue weighted by atomic mass is 19.1. The largest absolute Gasteiger partial charge is 0.494 e. The van der Waals surface area contributed by atoms with E-state index in [-0.39, 0.29) is 17.2 Å². The summed E-state index contributed by atoms with van der Waals surface area (Å²) >= 11 is 0. The number of benzene rings is 1. The van der Waals surface area contributed by atoms with Crippen LogP contribution in [0.4, 0.5) is 4.39 Å². The van der Waals surface area contributed by atoms with Crippen molar-refractivity contribution in [3.05, 3.63) is 29.6 Å². The molecule has 0 spiro atoms. The minimum atomic E-state index is -0.333. The van der Waals surface area contributed by atoms with Crippen molar-refractivity contribution in [3.8, 4) is 5.75 Å². The van der Waals surface area contributed by atoms with Gasteiger partial charge in [0.05, 0.1) is 12.7 Å². The zero-order chi connectivity index (χ0) is 13.6. The molecule has 0 aliphatic heterocycles. The van der Waals surface area contributed by atoms with Gasteiger partial charge in [-0.25, -0.2) is 4.39 Å². The zero-order valence-electron chi connectivity index (χ0n) is 11.5. The molecule has 0 heterocycles. The van der Waals surface area contributed by atoms with Crippen molar-refractivity contribution in [3.63, 3.8) is 0 Å². The van der Waals surface area contributed by atoms with Crippen LogP contribution in [0.5, 0.6) is 5.75 Å². The predicted octanol–water partition coefficient (Wildman–Crippen LogP) is 2.74. The second kappa shape index (κ2) is 6.71. The number of nitrogens with one attached hydrogen (secondary N) is 1. The average molecular weight is 255 g/mol. The van der Waals surface area contributed by atoms with Gasteiger partial charge < -0.3 is 14.8 Å². The Kier molecular flexibility index (Phi) is 5.56. The van der Waals surface area contributed by atoms with E-state index in [1.807, 2.05) is 26.8 Å². The summed E-state index contributed by atoms with van der Waals surface area (Å²) in [5.41, 5.74) is 0.681. The van der Waals surface area contributed by atoms with Gasteiger partial charge in [0.15, 0.2) is 11.6 Å². The zero-order valence-corrected chi connectivity index (χ0v) is 11.5. The van der Waals surface area contributed by atoms with Crippen LogP contribution in [0.3, 0.4) is 0 Å². The highest BCUT2D eigenvalue weighted by molar-refractivity contribution is 5.29. The number of hydrogen-bond acceptors (Lipinski definition) is 3. The SMILES string of the molecule is CCOC(C)(C)CNCc1ccc(OC)c(F)c1. The summed E-state index contributed by atoms with van der Waals surface area (Å²) < 4.78 is 23.9. The molecular weight excluding hydrogens is 233 g/mol. The van der Waals surface area contributed by atoms with Crippen molar-refractivity contribution in [2.75, 3.05) is 20.3 Å². The topological polar surface area (TPSA) is 30.5 Å². The molecule has 0 unspecified atom stereocenters. The number of methoxy groups -OCH3 is 1. The Hall–Kier alpha value is -1.13. The average Bonchev–Trinajstić information content (AvgIpc) is 2.29. The first-order chi connectivity index (χ1) is 8.48. The monoisotopic (exact) mass is 255 g/mol. The van der Waals surface area contributed by atoms with E-state index in [0.717, 1.165) is 5.56 Å². The third-order valence-corrected chi connectivity index (χ3v) is 2.63. The van der Waals surface area contributed by atoms with Gasteiger partial charge in [-0.05, 0) is 38.5 Å². The van der Waals surface area contributed by atoms with Gasteiger partial charge in [0.2, 0.25) is 0 Å². The van der Waals surface area contributed by atoms with Gasteiger partial charge in [0, 0.05) is 19.7 Å². The molecule has 1 N–H and O–H groups in total. The normalized spacial score (nSPS) is 11.6. The van der Waals surface area contributed by atoms with Crippen molar-refractivity contribution in [2.24, 2.45) is 0 Å². The van der Waals surface area contributed by atoms with Gasteiger partial charge in [0.25, 0.3) is 0 Å². The summed E-state index contributed by atoms with van der Waals surface area (Å²) in [6.07, 6.45) is 0. The lowest BCUT2D eigenvalue weighted by Gasteiger charge is -2.25. The van der Waals surface area contributed by atoms with Crippen LogP contribution < -0.4 is 10.1 Å². The minimum Gasteiger partial charge on any atom is -0.494 e. The first-order valence-corrected chi connectivity index (χ1v) is 6.15. The second-order valence-electron chi connectivity index (χ2n) is 4.77. The number of ether oxygens (including phenoxy) is 2. The fourth-order valence-corrected chi connectivity index (χ4v) is 1.77. The molecule has 102 valence electrons. The summed E-state index contributed by atoms with van der Waals surface area (Å²) in [6, 6.07) is 4.97. The van der Waals surface area contributed by atoms with Crippen LogP contribution in [0.25, 0.3) is 0 Å². The van der Waals surface area contributed by atoms with E-state index < -0.39 is 0 Å². The molecule has 1 aromatic carbocycles. The van der Waals surface area contributed by atoms with Crippen LogP contribution in [0.1, 0.15) is 26.3 Å². The Morgan fingerprint density at radius 3 is 2.61 bits per heavy atom. The van der Waals surface area contributed by atoms with E-state index >= 15 is 0 Å². The molecule has 1 aromatic rings. The molecule has 0 saturated heterocycles. The third-order valence-electron chi connectivity index (χ3n) is 2.63. The molecule has 3 nitrogen and oxygen atoms in total. The van der Waals surface area contributed by atoms with Crippen LogP contribution in [0.2, 0.25) is 0 Å². The number of halogens is 1. The van der Waals surface area contributed by atoms with E-state index in [9.17, 15) is 4.39 Å². The van der Waals surface area contributed by atoms with E-state index in [1.165, 1.54) is 13.2 Å². The van der Waals surface area contributed by atoms with E-state index in [1.54, 1.807) is 6.07 Å². The molecule has 4 heteroatoms. The van der Waals surface area contributed by atoms with Crippen LogP contribution in [0.15, 0.2) is 18.2 Å². The van der Waals surface area contributed by atoms with E-state index in [4.69, 9.17) is 9.47 Å². The molecule has 0 radical (unpaired) electrons. The van der Waals surface area contributed by atoms with Gasteiger partial charge in [-0.2, -0.15) is 0 Å². The summed E-state index contributed by atoms with van der Waals surface area (Å²) in [5, 5.41) is 3.26. The Morgan fingerprint density at radius 1 is 1.33 bits per heavy atom. The quantitative estimate of drug-likeness (QED) is 0.812. The molecular formula is C14H22FNO2. The molecule has 0 aromatic heterocycles. The second-order valence-corrected chi connectivity index (χ2v) is 4.77. The summed E-state index contributed by atoms with van der Waals surface area (Å²) in [6.45, 7) is 8.04. The van der Waals surface area contributed by atoms with Crippen molar-refractivity contribution in [2.45, 2.75) is 32.9 Å². The highest BCUT2D eigenvalue weighted by Crippen LogP contribution is 2.17. The Bertz CT molecular complexity index is 380. The van der Waals surface area contributed by atoms with Crippen molar-refractivity contribution >= 4 is 0 Å². The maximum absolute atomic E-state index is 13.5. The summed E-state index contributed by atoms with van der Waals surface area (Å²) in [4.78, 5) is 0. The molecule has 0 saturated carbocycles. The van der Waals surface area contributed by atoms with Crippen molar-refractivity contribution < 1.29 is 13.9 Å². The molecule has 0 atom stereocenters. The number of hydrogen-bond donors (Lipinski definition) is 1. The highest BCUT2D eigenvalue weighted by Gasteiger charge is 2.16. The van der Waals surface area contributed by atoms with Gasteiger partial charge in [0.1, 0.15) is 0 Å². The standard InChI is InChI=1S/C14H22FNO2/c1-5-18-14(2,3)10-16-9-11-6-7-13(17-4)12(15)8-11/h6-8,16H,5,9-10H2,1-4H3. The predicted molar refractivity (Wildman–Crippen MR) is 70.4 cm³/mol. The molecule has 0 fully saturated rings. The smallest absolute Gasteiger partial charge is 0.165 e. The van der Waals surface area contributed by atoms with E-state index in [2.05, 4.69) is 5.32 Å². The summed E-state index contributed by atoms with van der Waals surface area (Å²) in [5.74, 6) is -0.0609. The Morgan fingerprint density at radius 2 is 2.06 bits per heavy atom. The first kappa shape index (κ1) is 14.9. The van der Waals surface area contributed by atoms with Gasteiger partial charge in [-0.1, -0.05) is 6.07 Å². The molecule has 0 aliphatic rings. The molecule has 0 amide bonds. The van der Waals surface area contributed by atoms with Crippen LogP contribution in [0, 0.1) is 5.82 Å². The van der Waals surface area contributed by atoms with Crippen molar-refractivity contribution in [1.82, 2.24) is 5.32 Å². The van der Waals surface area contributed by atoms with Gasteiger partial charge in [-0.3, -0.25) is 0 Å². The third kappa shape index (κ3) is 4.63. The Balaban J connectivity index is 2.47. The van der Waals surface area contributed by atoms with Gasteiger partial charge in [-0.15, -0.1) is 0 Å². The van der Waals surface area contributed by atoms with Crippen LogP contribution in [-0.4, -0.2) is 25.9 Å². The molecule has 0 aliphatic carbocycles. The first-order valence-electron chi connectivity index (χ1n) is 6.15.